The standard InChI is InChI=1S/C18H20N4O2S/c1-12-5-7-16(23-3)14(9-12)11-25-18-19-20-21-22(18)15-10-13(2)6-8-17(15)24-4/h5-10H,11H2,1-4H3. The van der Waals surface area contributed by atoms with Crippen molar-refractivity contribution in [3.8, 4) is 17.2 Å². The van der Waals surface area contributed by atoms with Gasteiger partial charge >= 0.3 is 0 Å². The Morgan fingerprint density at radius 1 is 0.960 bits per heavy atom. The molecule has 0 aliphatic heterocycles. The minimum Gasteiger partial charge on any atom is -0.496 e. The Morgan fingerprint density at radius 3 is 2.36 bits per heavy atom. The summed E-state index contributed by atoms with van der Waals surface area (Å²) >= 11 is 1.56. The van der Waals surface area contributed by atoms with Crippen molar-refractivity contribution < 1.29 is 9.47 Å². The summed E-state index contributed by atoms with van der Waals surface area (Å²) in [4.78, 5) is 0. The molecule has 3 rings (SSSR count). The van der Waals surface area contributed by atoms with Gasteiger partial charge in [0.15, 0.2) is 0 Å². The average molecular weight is 356 g/mol. The highest BCUT2D eigenvalue weighted by Gasteiger charge is 2.15. The van der Waals surface area contributed by atoms with Crippen LogP contribution in [-0.4, -0.2) is 34.4 Å². The summed E-state index contributed by atoms with van der Waals surface area (Å²) in [5.41, 5.74) is 4.24. The Morgan fingerprint density at radius 2 is 1.64 bits per heavy atom. The predicted octanol–water partition coefficient (Wildman–Crippen LogP) is 3.59. The third kappa shape index (κ3) is 3.76. The molecule has 7 heteroatoms. The number of aryl methyl sites for hydroxylation is 2. The molecule has 0 spiro atoms. The molecule has 0 aliphatic rings. The summed E-state index contributed by atoms with van der Waals surface area (Å²) < 4.78 is 12.6. The van der Waals surface area contributed by atoms with Crippen LogP contribution in [0.5, 0.6) is 11.5 Å². The number of benzene rings is 2. The van der Waals surface area contributed by atoms with Crippen molar-refractivity contribution in [2.75, 3.05) is 14.2 Å². The number of hydrogen-bond acceptors (Lipinski definition) is 6. The third-order valence-electron chi connectivity index (χ3n) is 3.80. The molecule has 0 N–H and O–H groups in total. The third-order valence-corrected chi connectivity index (χ3v) is 4.76. The SMILES string of the molecule is COc1ccc(C)cc1CSc1nnnn1-c1cc(C)ccc1OC. The van der Waals surface area contributed by atoms with E-state index in [9.17, 15) is 0 Å². The van der Waals surface area contributed by atoms with Gasteiger partial charge in [0, 0.05) is 11.3 Å². The molecule has 0 bridgehead atoms. The lowest BCUT2D eigenvalue weighted by Gasteiger charge is -2.11. The Balaban J connectivity index is 1.89. The summed E-state index contributed by atoms with van der Waals surface area (Å²) in [6, 6.07) is 12.1. The van der Waals surface area contributed by atoms with E-state index in [1.807, 2.05) is 37.3 Å². The quantitative estimate of drug-likeness (QED) is 0.629. The zero-order valence-corrected chi connectivity index (χ0v) is 15.5. The van der Waals surface area contributed by atoms with Crippen molar-refractivity contribution in [1.29, 1.82) is 0 Å². The molecule has 0 unspecified atom stereocenters. The maximum absolute atomic E-state index is 5.45. The fraction of sp³-hybridized carbons (Fsp3) is 0.278. The van der Waals surface area contributed by atoms with Crippen molar-refractivity contribution >= 4 is 11.8 Å². The molecule has 1 heterocycles. The van der Waals surface area contributed by atoms with E-state index in [1.165, 1.54) is 5.56 Å². The number of nitrogens with zero attached hydrogens (tertiary/aromatic N) is 4. The second-order valence-corrected chi connectivity index (χ2v) is 6.60. The fourth-order valence-corrected chi connectivity index (χ4v) is 3.41. The van der Waals surface area contributed by atoms with Gasteiger partial charge in [0.1, 0.15) is 17.2 Å². The van der Waals surface area contributed by atoms with Gasteiger partial charge in [-0.15, -0.1) is 5.10 Å². The topological polar surface area (TPSA) is 62.1 Å². The molecule has 0 saturated carbocycles. The molecule has 0 radical (unpaired) electrons. The molecule has 0 atom stereocenters. The molecule has 1 aromatic heterocycles. The molecule has 0 saturated heterocycles. The lowest BCUT2D eigenvalue weighted by atomic mass is 10.1. The summed E-state index contributed by atoms with van der Waals surface area (Å²) in [5.74, 6) is 2.30. The maximum Gasteiger partial charge on any atom is 0.214 e. The lowest BCUT2D eigenvalue weighted by molar-refractivity contribution is 0.410. The van der Waals surface area contributed by atoms with E-state index in [-0.39, 0.29) is 0 Å². The van der Waals surface area contributed by atoms with Crippen LogP contribution in [0.1, 0.15) is 16.7 Å². The van der Waals surface area contributed by atoms with Gasteiger partial charge in [0.2, 0.25) is 5.16 Å². The molecule has 0 amide bonds. The smallest absolute Gasteiger partial charge is 0.214 e. The van der Waals surface area contributed by atoms with Gasteiger partial charge in [0.05, 0.1) is 14.2 Å². The molecular weight excluding hydrogens is 336 g/mol. The Kier molecular flexibility index (Phi) is 5.23. The highest BCUT2D eigenvalue weighted by Crippen LogP contribution is 2.31. The first-order valence-electron chi connectivity index (χ1n) is 7.82. The zero-order valence-electron chi connectivity index (χ0n) is 14.7. The van der Waals surface area contributed by atoms with Crippen LogP contribution in [0.25, 0.3) is 5.69 Å². The fourth-order valence-electron chi connectivity index (χ4n) is 2.55. The highest BCUT2D eigenvalue weighted by molar-refractivity contribution is 7.98. The summed E-state index contributed by atoms with van der Waals surface area (Å²) in [5, 5.41) is 12.8. The minimum absolute atomic E-state index is 0.701. The van der Waals surface area contributed by atoms with Crippen LogP contribution in [0.15, 0.2) is 41.6 Å². The van der Waals surface area contributed by atoms with Crippen molar-refractivity contribution in [2.24, 2.45) is 0 Å². The van der Waals surface area contributed by atoms with Crippen molar-refractivity contribution in [3.63, 3.8) is 0 Å². The largest absolute Gasteiger partial charge is 0.496 e. The van der Waals surface area contributed by atoms with E-state index >= 15 is 0 Å². The molecule has 0 aliphatic carbocycles. The van der Waals surface area contributed by atoms with Crippen LogP contribution in [0.2, 0.25) is 0 Å². The predicted molar refractivity (Wildman–Crippen MR) is 97.7 cm³/mol. The Labute approximate surface area is 151 Å². The number of tetrazole rings is 1. The normalized spacial score (nSPS) is 10.7. The average Bonchev–Trinajstić information content (AvgIpc) is 3.08. The molecule has 2 aromatic carbocycles. The van der Waals surface area contributed by atoms with Gasteiger partial charge in [0.25, 0.3) is 0 Å². The lowest BCUT2D eigenvalue weighted by Crippen LogP contribution is -2.02. The van der Waals surface area contributed by atoms with E-state index in [2.05, 4.69) is 28.5 Å². The molecule has 25 heavy (non-hydrogen) atoms. The van der Waals surface area contributed by atoms with Gasteiger partial charge in [-0.05, 0) is 48.0 Å². The molecule has 130 valence electrons. The second kappa shape index (κ2) is 7.57. The van der Waals surface area contributed by atoms with Gasteiger partial charge in [-0.25, -0.2) is 0 Å². The number of rotatable bonds is 6. The monoisotopic (exact) mass is 356 g/mol. The number of thioether (sulfide) groups is 1. The van der Waals surface area contributed by atoms with E-state index in [0.717, 1.165) is 28.3 Å². The Bertz CT molecular complexity index is 879. The number of aromatic nitrogens is 4. The van der Waals surface area contributed by atoms with E-state index in [4.69, 9.17) is 9.47 Å². The van der Waals surface area contributed by atoms with Gasteiger partial charge in [-0.3, -0.25) is 0 Å². The number of ether oxygens (including phenoxy) is 2. The summed E-state index contributed by atoms with van der Waals surface area (Å²) in [6.07, 6.45) is 0. The first kappa shape index (κ1) is 17.3. The Hall–Kier alpha value is -2.54. The van der Waals surface area contributed by atoms with Gasteiger partial charge < -0.3 is 9.47 Å². The second-order valence-electron chi connectivity index (χ2n) is 5.65. The molecule has 3 aromatic rings. The van der Waals surface area contributed by atoms with E-state index < -0.39 is 0 Å². The van der Waals surface area contributed by atoms with Crippen molar-refractivity contribution in [1.82, 2.24) is 20.2 Å². The van der Waals surface area contributed by atoms with Crippen molar-refractivity contribution in [2.45, 2.75) is 24.8 Å². The van der Waals surface area contributed by atoms with Crippen LogP contribution in [0.4, 0.5) is 0 Å². The zero-order chi connectivity index (χ0) is 17.8. The minimum atomic E-state index is 0.701. The highest BCUT2D eigenvalue weighted by atomic mass is 32.2. The molecular formula is C18H20N4O2S. The number of hydrogen-bond donors (Lipinski definition) is 0. The first-order chi connectivity index (χ1) is 12.1. The first-order valence-corrected chi connectivity index (χ1v) is 8.80. The van der Waals surface area contributed by atoms with Crippen LogP contribution in [0.3, 0.4) is 0 Å². The van der Waals surface area contributed by atoms with Crippen LogP contribution in [0, 0.1) is 13.8 Å². The summed E-state index contributed by atoms with van der Waals surface area (Å²) in [6.45, 7) is 4.09. The van der Waals surface area contributed by atoms with Crippen LogP contribution in [-0.2, 0) is 5.75 Å². The van der Waals surface area contributed by atoms with Crippen LogP contribution >= 0.6 is 11.8 Å². The molecule has 6 nitrogen and oxygen atoms in total. The van der Waals surface area contributed by atoms with Crippen molar-refractivity contribution in [3.05, 3.63) is 53.1 Å². The number of methoxy groups -OCH3 is 2. The maximum atomic E-state index is 5.45. The van der Waals surface area contributed by atoms with Gasteiger partial charge in [-0.1, -0.05) is 35.5 Å². The summed E-state index contributed by atoms with van der Waals surface area (Å²) in [7, 11) is 3.32. The van der Waals surface area contributed by atoms with Gasteiger partial charge in [-0.2, -0.15) is 4.68 Å². The molecule has 0 fully saturated rings. The van der Waals surface area contributed by atoms with Crippen LogP contribution < -0.4 is 9.47 Å². The van der Waals surface area contributed by atoms with E-state index in [0.29, 0.717) is 10.9 Å². The van der Waals surface area contributed by atoms with E-state index in [1.54, 1.807) is 30.7 Å².